The first kappa shape index (κ1) is 19.9. The van der Waals surface area contributed by atoms with E-state index in [1.807, 2.05) is 54.6 Å². The normalized spacial score (nSPS) is 12.9. The van der Waals surface area contributed by atoms with E-state index in [0.717, 1.165) is 22.0 Å². The average Bonchev–Trinajstić information content (AvgIpc) is 2.78. The minimum absolute atomic E-state index is 0.327. The summed E-state index contributed by atoms with van der Waals surface area (Å²) >= 11 is 4.25. The summed E-state index contributed by atoms with van der Waals surface area (Å²) < 4.78 is 28.9. The van der Waals surface area contributed by atoms with Gasteiger partial charge < -0.3 is 0 Å². The summed E-state index contributed by atoms with van der Waals surface area (Å²) in [6, 6.07) is 34.0. The Morgan fingerprint density at radius 2 is 1.00 bits per heavy atom. The van der Waals surface area contributed by atoms with Crippen molar-refractivity contribution in [2.45, 2.75) is 6.16 Å². The van der Waals surface area contributed by atoms with Gasteiger partial charge in [-0.05, 0) is 0 Å². The van der Waals surface area contributed by atoms with Crippen LogP contribution in [-0.2, 0) is 6.16 Å². The summed E-state index contributed by atoms with van der Waals surface area (Å²) in [7, 11) is 0. The van der Waals surface area contributed by atoms with Crippen LogP contribution in [0.15, 0.2) is 109 Å². The molecule has 0 atom stereocenters. The molecule has 29 heavy (non-hydrogen) atoms. The van der Waals surface area contributed by atoms with Crippen LogP contribution < -0.4 is 15.9 Å². The Balaban J connectivity index is 2.11. The fourth-order valence-corrected chi connectivity index (χ4v) is 11.6. The zero-order valence-corrected chi connectivity index (χ0v) is 18.2. The van der Waals surface area contributed by atoms with E-state index in [0.29, 0.717) is 11.7 Å². The Kier molecular flexibility index (Phi) is 5.38. The molecular weight excluding hydrogens is 449 g/mol. The summed E-state index contributed by atoms with van der Waals surface area (Å²) in [5, 5.41) is -0.124. The molecule has 0 amide bonds. The van der Waals surface area contributed by atoms with Gasteiger partial charge in [0.1, 0.15) is 0 Å². The van der Waals surface area contributed by atoms with E-state index in [1.54, 1.807) is 0 Å². The molecule has 0 N–H and O–H groups in total. The quantitative estimate of drug-likeness (QED) is 0.301. The molecule has 146 valence electrons. The van der Waals surface area contributed by atoms with E-state index in [1.165, 1.54) is 12.1 Å². The van der Waals surface area contributed by atoms with Gasteiger partial charge >= 0.3 is 178 Å². The summed E-state index contributed by atoms with van der Waals surface area (Å²) in [5.41, 5.74) is 0.358. The molecule has 0 nitrogen and oxygen atoms in total. The molecule has 0 bridgehead atoms. The Morgan fingerprint density at radius 3 is 1.41 bits per heavy atom. The van der Waals surface area contributed by atoms with E-state index >= 15 is 0 Å². The second-order valence-corrected chi connectivity index (χ2v) is 16.0. The molecule has 0 saturated heterocycles. The topological polar surface area (TPSA) is 0 Å². The standard InChI is InChI=1S/C25H20BrF2P/c26-29(22-10-4-1-5-11-22,23-12-6-2-7-13-23,24-14-8-3-9-15-24)19-20-18-21(27)16-17-25(20)28/h1-18H,19H2. The molecule has 0 unspecified atom stereocenters. The number of hydrogen-bond acceptors (Lipinski definition) is 0. The number of benzene rings is 4. The first-order valence-electron chi connectivity index (χ1n) is 9.36. The summed E-state index contributed by atoms with van der Waals surface area (Å²) in [5.74, 6) is -0.837. The van der Waals surface area contributed by atoms with E-state index in [9.17, 15) is 8.78 Å². The monoisotopic (exact) mass is 468 g/mol. The van der Waals surface area contributed by atoms with Gasteiger partial charge in [0.2, 0.25) is 0 Å². The van der Waals surface area contributed by atoms with Crippen LogP contribution in [0.25, 0.3) is 0 Å². The second-order valence-electron chi connectivity index (χ2n) is 7.08. The van der Waals surface area contributed by atoms with Crippen LogP contribution in [0.3, 0.4) is 0 Å². The Bertz CT molecular complexity index is 1020. The Morgan fingerprint density at radius 1 is 0.586 bits per heavy atom. The van der Waals surface area contributed by atoms with Crippen LogP contribution in [0.4, 0.5) is 8.78 Å². The third kappa shape index (κ3) is 3.43. The Labute approximate surface area is 177 Å². The molecule has 0 aliphatic heterocycles. The van der Waals surface area contributed by atoms with Gasteiger partial charge in [-0.2, -0.15) is 0 Å². The van der Waals surface area contributed by atoms with Crippen LogP contribution in [-0.4, -0.2) is 0 Å². The fourth-order valence-electron chi connectivity index (χ4n) is 3.92. The van der Waals surface area contributed by atoms with Gasteiger partial charge in [0, 0.05) is 0 Å². The van der Waals surface area contributed by atoms with Crippen molar-refractivity contribution in [3.05, 3.63) is 126 Å². The fraction of sp³-hybridized carbons (Fsp3) is 0.0400. The predicted molar refractivity (Wildman–Crippen MR) is 124 cm³/mol. The molecule has 0 saturated carbocycles. The van der Waals surface area contributed by atoms with Gasteiger partial charge in [0.05, 0.1) is 0 Å². The zero-order valence-electron chi connectivity index (χ0n) is 15.7. The van der Waals surface area contributed by atoms with E-state index in [-0.39, 0.29) is 0 Å². The molecule has 4 rings (SSSR count). The SMILES string of the molecule is Fc1ccc(F)c(CP(Br)(c2ccccc2)(c2ccccc2)c2ccccc2)c1. The van der Waals surface area contributed by atoms with Gasteiger partial charge in [0.15, 0.2) is 0 Å². The molecule has 0 radical (unpaired) electrons. The Hall–Kier alpha value is -2.35. The van der Waals surface area contributed by atoms with Crippen LogP contribution >= 0.6 is 20.8 Å². The van der Waals surface area contributed by atoms with E-state index in [2.05, 4.69) is 51.9 Å². The maximum absolute atomic E-state index is 14.9. The number of hydrogen-bond donors (Lipinski definition) is 0. The first-order valence-corrected chi connectivity index (χ1v) is 13.8. The van der Waals surface area contributed by atoms with Crippen molar-refractivity contribution < 1.29 is 8.78 Å². The molecule has 4 heteroatoms. The van der Waals surface area contributed by atoms with Gasteiger partial charge in [0.25, 0.3) is 0 Å². The molecule has 0 heterocycles. The molecule has 4 aromatic carbocycles. The number of halogens is 3. The molecule has 0 fully saturated rings. The number of rotatable bonds is 5. The van der Waals surface area contributed by atoms with Gasteiger partial charge in [-0.15, -0.1) is 0 Å². The predicted octanol–water partition coefficient (Wildman–Crippen LogP) is 6.30. The zero-order chi connectivity index (χ0) is 20.3. The summed E-state index contributed by atoms with van der Waals surface area (Å²) in [6.45, 7) is 0. The van der Waals surface area contributed by atoms with Gasteiger partial charge in [-0.25, -0.2) is 0 Å². The van der Waals surface area contributed by atoms with Gasteiger partial charge in [-0.3, -0.25) is 0 Å². The van der Waals surface area contributed by atoms with Crippen LogP contribution in [0.2, 0.25) is 0 Å². The van der Waals surface area contributed by atoms with Crippen molar-refractivity contribution in [3.63, 3.8) is 0 Å². The molecule has 0 aromatic heterocycles. The molecular formula is C25H20BrF2P. The van der Waals surface area contributed by atoms with E-state index < -0.39 is 16.9 Å². The average molecular weight is 469 g/mol. The van der Waals surface area contributed by atoms with Crippen molar-refractivity contribution >= 4 is 36.7 Å². The third-order valence-corrected chi connectivity index (χ3v) is 14.9. The minimum atomic E-state index is -3.33. The van der Waals surface area contributed by atoms with Crippen molar-refractivity contribution in [2.24, 2.45) is 0 Å². The summed E-state index contributed by atoms with van der Waals surface area (Å²) in [4.78, 5) is 0. The van der Waals surface area contributed by atoms with Crippen LogP contribution in [0, 0.1) is 11.6 Å². The van der Waals surface area contributed by atoms with Crippen LogP contribution in [0.5, 0.6) is 0 Å². The van der Waals surface area contributed by atoms with E-state index in [4.69, 9.17) is 0 Å². The summed E-state index contributed by atoms with van der Waals surface area (Å²) in [6.07, 6.45) is 0.327. The molecule has 0 aliphatic carbocycles. The molecule has 0 spiro atoms. The molecule has 4 aromatic rings. The second kappa shape index (κ2) is 7.82. The van der Waals surface area contributed by atoms with Gasteiger partial charge in [-0.1, -0.05) is 0 Å². The van der Waals surface area contributed by atoms with Crippen LogP contribution in [0.1, 0.15) is 5.56 Å². The van der Waals surface area contributed by atoms with Crippen molar-refractivity contribution in [2.75, 3.05) is 0 Å². The first-order chi connectivity index (χ1) is 14.0. The maximum atomic E-state index is 14.9. The van der Waals surface area contributed by atoms with Crippen molar-refractivity contribution in [1.29, 1.82) is 0 Å². The third-order valence-electron chi connectivity index (χ3n) is 5.36. The van der Waals surface area contributed by atoms with Crippen molar-refractivity contribution in [3.8, 4) is 0 Å². The van der Waals surface area contributed by atoms with Crippen molar-refractivity contribution in [1.82, 2.24) is 0 Å². The molecule has 0 aliphatic rings.